The molecule has 5 aliphatic rings. The Bertz CT molecular complexity index is 3970. The van der Waals surface area contributed by atoms with Crippen molar-refractivity contribution < 1.29 is 0 Å². The molecule has 10 aromatic rings. The number of anilines is 8. The summed E-state index contributed by atoms with van der Waals surface area (Å²) in [4.78, 5) is 8.14. The van der Waals surface area contributed by atoms with Crippen molar-refractivity contribution in [3.63, 3.8) is 0 Å². The maximum absolute atomic E-state index is 2.79. The summed E-state index contributed by atoms with van der Waals surface area (Å²) < 4.78 is 2.64. The monoisotopic (exact) mass is 959 g/mol. The van der Waals surface area contributed by atoms with E-state index in [0.717, 1.165) is 12.8 Å². The molecule has 1 fully saturated rings. The third kappa shape index (κ3) is 6.00. The molecule has 0 saturated heterocycles. The highest BCUT2D eigenvalue weighted by Crippen LogP contribution is 2.62. The van der Waals surface area contributed by atoms with E-state index in [9.17, 15) is 0 Å². The van der Waals surface area contributed by atoms with Gasteiger partial charge in [-0.2, -0.15) is 0 Å². The Morgan fingerprint density at radius 3 is 2.10 bits per heavy atom. The van der Waals surface area contributed by atoms with Gasteiger partial charge in [0.1, 0.15) is 0 Å². The first-order valence-corrected chi connectivity index (χ1v) is 27.4. The molecule has 0 spiro atoms. The highest BCUT2D eigenvalue weighted by Gasteiger charge is 2.58. The minimum Gasteiger partial charge on any atom is -0.334 e. The van der Waals surface area contributed by atoms with Crippen LogP contribution in [0.25, 0.3) is 42.4 Å². The summed E-state index contributed by atoms with van der Waals surface area (Å²) in [5, 5.41) is 2.64. The van der Waals surface area contributed by atoms with Crippen LogP contribution in [0.2, 0.25) is 0 Å². The molecule has 3 aliphatic heterocycles. The second-order valence-electron chi connectivity index (χ2n) is 23.2. The molecule has 354 valence electrons. The van der Waals surface area contributed by atoms with Crippen molar-refractivity contribution in [2.75, 3.05) is 14.7 Å². The molecule has 15 rings (SSSR count). The normalized spacial score (nSPS) is 19.1. The Morgan fingerprint density at radius 2 is 1.25 bits per heavy atom. The first kappa shape index (κ1) is 43.3. The lowest BCUT2D eigenvalue weighted by molar-refractivity contribution is 0.195. The molecule has 73 heavy (non-hydrogen) atoms. The van der Waals surface area contributed by atoms with Gasteiger partial charge in [0, 0.05) is 66.1 Å². The summed E-state index contributed by atoms with van der Waals surface area (Å²) in [7, 11) is 0. The van der Waals surface area contributed by atoms with Crippen molar-refractivity contribution in [1.29, 1.82) is 0 Å². The van der Waals surface area contributed by atoms with Crippen LogP contribution in [0.3, 0.4) is 0 Å². The van der Waals surface area contributed by atoms with E-state index in [1.54, 1.807) is 0 Å². The van der Waals surface area contributed by atoms with Crippen molar-refractivity contribution in [3.8, 4) is 22.3 Å². The number of benzene rings is 9. The zero-order valence-corrected chi connectivity index (χ0v) is 43.5. The van der Waals surface area contributed by atoms with E-state index in [-0.39, 0.29) is 23.1 Å². The van der Waals surface area contributed by atoms with Gasteiger partial charge in [-0.25, -0.2) is 0 Å². The van der Waals surface area contributed by atoms with E-state index in [1.807, 2.05) is 11.3 Å². The van der Waals surface area contributed by atoms with Gasteiger partial charge in [0.05, 0.1) is 16.9 Å². The van der Waals surface area contributed by atoms with Gasteiger partial charge in [0.25, 0.3) is 6.71 Å². The van der Waals surface area contributed by atoms with E-state index in [4.69, 9.17) is 0 Å². The van der Waals surface area contributed by atoms with Gasteiger partial charge in [0.2, 0.25) is 0 Å². The summed E-state index contributed by atoms with van der Waals surface area (Å²) in [6.07, 6.45) is 5.70. The molecule has 9 aromatic carbocycles. The van der Waals surface area contributed by atoms with Crippen LogP contribution in [0.15, 0.2) is 182 Å². The van der Waals surface area contributed by atoms with Crippen LogP contribution >= 0.6 is 11.3 Å². The number of aryl methyl sites for hydroxylation is 1. The number of fused-ring (bicyclic) bond motifs is 13. The standard InChI is InChI=1S/C68H58BN3S/c1-42-36-60-65-61(37-42)71(58-25-17-27-63-64(58)50-22-12-13-26-62(50)73-63)57-33-29-46(66(2,3)4)40-54(57)69(65)53-31-30-47(41-59(53)70(60)55-24-16-23-49-48-21-11-10-20-45(48)38-51(49)55)72-56-32-28-44(43-18-8-7-9-19-43)39-52(56)67(5)34-14-15-35-68(67,72)6/h7-13,16-33,36-37,39-41H,14-15,34-35,38H2,1-6H3. The quantitative estimate of drug-likeness (QED) is 0.163. The zero-order chi connectivity index (χ0) is 49.1. The van der Waals surface area contributed by atoms with Crippen LogP contribution in [0, 0.1) is 6.92 Å². The predicted molar refractivity (Wildman–Crippen MR) is 313 cm³/mol. The number of rotatable bonds is 4. The lowest BCUT2D eigenvalue weighted by Crippen LogP contribution is -2.61. The van der Waals surface area contributed by atoms with Crippen molar-refractivity contribution >= 4 is 100 Å². The fourth-order valence-electron chi connectivity index (χ4n) is 14.5. The molecule has 2 unspecified atom stereocenters. The summed E-state index contributed by atoms with van der Waals surface area (Å²) >= 11 is 1.90. The summed E-state index contributed by atoms with van der Waals surface area (Å²) in [6, 6.07) is 70.5. The van der Waals surface area contributed by atoms with Crippen molar-refractivity contribution in [3.05, 3.63) is 210 Å². The minimum atomic E-state index is -0.111. The molecule has 4 heterocycles. The second-order valence-corrected chi connectivity index (χ2v) is 24.3. The average molecular weight is 960 g/mol. The van der Waals surface area contributed by atoms with Crippen LogP contribution in [0.1, 0.15) is 88.1 Å². The van der Waals surface area contributed by atoms with E-state index >= 15 is 0 Å². The highest BCUT2D eigenvalue weighted by atomic mass is 32.1. The Kier molecular flexibility index (Phi) is 9.10. The lowest BCUT2D eigenvalue weighted by Gasteiger charge is -2.50. The third-order valence-corrected chi connectivity index (χ3v) is 19.4. The average Bonchev–Trinajstić information content (AvgIpc) is 4.06. The second kappa shape index (κ2) is 15.4. The van der Waals surface area contributed by atoms with Gasteiger partial charge in [-0.1, -0.05) is 156 Å². The molecule has 2 aliphatic carbocycles. The van der Waals surface area contributed by atoms with Crippen LogP contribution in [-0.4, -0.2) is 12.3 Å². The third-order valence-electron chi connectivity index (χ3n) is 18.2. The van der Waals surface area contributed by atoms with E-state index in [0.29, 0.717) is 0 Å². The van der Waals surface area contributed by atoms with Crippen LogP contribution in [0.5, 0.6) is 0 Å². The molecule has 0 bridgehead atoms. The minimum absolute atomic E-state index is 0.00154. The lowest BCUT2D eigenvalue weighted by atomic mass is 9.33. The molecule has 0 N–H and O–H groups in total. The van der Waals surface area contributed by atoms with Crippen LogP contribution in [0.4, 0.5) is 45.5 Å². The Balaban J connectivity index is 1.01. The number of nitrogens with zero attached hydrogens (tertiary/aromatic N) is 3. The van der Waals surface area contributed by atoms with Gasteiger partial charge in [-0.05, 0) is 165 Å². The van der Waals surface area contributed by atoms with Crippen molar-refractivity contribution in [2.24, 2.45) is 0 Å². The maximum atomic E-state index is 2.79. The number of hydrogen-bond donors (Lipinski definition) is 0. The van der Waals surface area contributed by atoms with Crippen molar-refractivity contribution in [1.82, 2.24) is 0 Å². The molecule has 1 saturated carbocycles. The van der Waals surface area contributed by atoms with E-state index < -0.39 is 0 Å². The van der Waals surface area contributed by atoms with E-state index in [1.165, 1.54) is 151 Å². The van der Waals surface area contributed by atoms with Gasteiger partial charge >= 0.3 is 0 Å². The Labute approximate surface area is 434 Å². The Morgan fingerprint density at radius 1 is 0.534 bits per heavy atom. The van der Waals surface area contributed by atoms with Crippen LogP contribution in [-0.2, 0) is 17.3 Å². The predicted octanol–water partition coefficient (Wildman–Crippen LogP) is 16.7. The summed E-state index contributed by atoms with van der Waals surface area (Å²) in [6.45, 7) is 14.6. The molecule has 5 heteroatoms. The topological polar surface area (TPSA) is 9.72 Å². The van der Waals surface area contributed by atoms with Gasteiger partial charge in [-0.3, -0.25) is 0 Å². The molecule has 0 amide bonds. The van der Waals surface area contributed by atoms with E-state index in [2.05, 4.69) is 238 Å². The fourth-order valence-corrected chi connectivity index (χ4v) is 15.6. The Hall–Kier alpha value is -7.34. The molecular formula is C68H58BN3S. The number of hydrogen-bond acceptors (Lipinski definition) is 4. The molecular weight excluding hydrogens is 902 g/mol. The smallest absolute Gasteiger partial charge is 0.252 e. The van der Waals surface area contributed by atoms with Gasteiger partial charge in [0.15, 0.2) is 0 Å². The zero-order valence-electron chi connectivity index (χ0n) is 42.7. The highest BCUT2D eigenvalue weighted by molar-refractivity contribution is 7.26. The fraction of sp³-hybridized carbons (Fsp3) is 0.206. The molecule has 3 nitrogen and oxygen atoms in total. The first-order chi connectivity index (χ1) is 35.5. The summed E-state index contributed by atoms with van der Waals surface area (Å²) in [5.74, 6) is 0. The van der Waals surface area contributed by atoms with Gasteiger partial charge < -0.3 is 14.7 Å². The molecule has 1 aromatic heterocycles. The first-order valence-electron chi connectivity index (χ1n) is 26.6. The van der Waals surface area contributed by atoms with Crippen LogP contribution < -0.4 is 31.1 Å². The van der Waals surface area contributed by atoms with Gasteiger partial charge in [-0.15, -0.1) is 11.3 Å². The maximum Gasteiger partial charge on any atom is 0.252 e. The largest absolute Gasteiger partial charge is 0.334 e. The molecule has 0 radical (unpaired) electrons. The van der Waals surface area contributed by atoms with Crippen molar-refractivity contribution in [2.45, 2.75) is 90.0 Å². The summed E-state index contributed by atoms with van der Waals surface area (Å²) in [5.41, 5.74) is 26.3. The number of thiophene rings is 1. The molecule has 2 atom stereocenters. The SMILES string of the molecule is Cc1cc2c3c(c1)N(c1cccc4sc5ccccc5c14)c1ccc(C(C)(C)C)cc1B3c1ccc(N3c4ccc(-c5ccccc5)cc4C4(C)CCCCC34C)cc1N2c1cccc2c1Cc1ccccc1-2.